The maximum absolute atomic E-state index is 9.68. The van der Waals surface area contributed by atoms with Crippen molar-refractivity contribution in [2.75, 3.05) is 5.32 Å². The number of aromatic nitrogens is 1. The first-order chi connectivity index (χ1) is 8.74. The van der Waals surface area contributed by atoms with Crippen molar-refractivity contribution in [3.8, 4) is 5.75 Å². The Balaban J connectivity index is 0.00000133. The fraction of sp³-hybridized carbons (Fsp3) is 0.0833. The molecule has 0 saturated heterocycles. The van der Waals surface area contributed by atoms with Crippen LogP contribution < -0.4 is 5.32 Å². The first-order valence-corrected chi connectivity index (χ1v) is 7.41. The third-order valence-electron chi connectivity index (χ3n) is 2.51. The van der Waals surface area contributed by atoms with E-state index in [0.717, 1.165) is 16.9 Å². The van der Waals surface area contributed by atoms with Gasteiger partial charge in [-0.2, -0.15) is 0 Å². The number of pyridine rings is 1. The van der Waals surface area contributed by atoms with Crippen LogP contribution in [0.1, 0.15) is 4.88 Å². The summed E-state index contributed by atoms with van der Waals surface area (Å²) in [6.07, 6.45) is 0. The molecule has 0 aliphatic rings. The Hall–Kier alpha value is -1.01. The summed E-state index contributed by atoms with van der Waals surface area (Å²) in [5.74, 6) is 0.177. The van der Waals surface area contributed by atoms with Crippen LogP contribution in [-0.4, -0.2) is 10.1 Å². The molecule has 3 nitrogen and oxygen atoms in total. The quantitative estimate of drug-likeness (QED) is 0.680. The number of hydrogen-bond donors (Lipinski definition) is 2. The zero-order chi connectivity index (χ0) is 12.5. The minimum atomic E-state index is 0. The van der Waals surface area contributed by atoms with Gasteiger partial charge in [0.05, 0.1) is 10.4 Å². The molecule has 0 saturated carbocycles. The van der Waals surface area contributed by atoms with Gasteiger partial charge in [0.15, 0.2) is 5.75 Å². The predicted molar refractivity (Wildman–Crippen MR) is 85.2 cm³/mol. The second kappa shape index (κ2) is 5.96. The summed E-state index contributed by atoms with van der Waals surface area (Å²) >= 11 is 9.11. The van der Waals surface area contributed by atoms with Crippen LogP contribution in [0.5, 0.6) is 5.75 Å². The summed E-state index contributed by atoms with van der Waals surface area (Å²) in [7, 11) is 0. The molecule has 3 heterocycles. The first kappa shape index (κ1) is 14.4. The molecule has 3 aromatic rings. The number of fused-ring (bicyclic) bond motifs is 1. The fourth-order valence-electron chi connectivity index (χ4n) is 1.69. The van der Waals surface area contributed by atoms with Gasteiger partial charge in [0.25, 0.3) is 0 Å². The van der Waals surface area contributed by atoms with Gasteiger partial charge in [-0.15, -0.1) is 35.1 Å². The van der Waals surface area contributed by atoms with E-state index < -0.39 is 0 Å². The molecule has 0 bridgehead atoms. The lowest BCUT2D eigenvalue weighted by molar-refractivity contribution is 0.482. The number of anilines is 1. The van der Waals surface area contributed by atoms with Gasteiger partial charge in [-0.05, 0) is 11.4 Å². The van der Waals surface area contributed by atoms with E-state index in [1.165, 1.54) is 16.2 Å². The Kier molecular flexibility index (Phi) is 4.52. The van der Waals surface area contributed by atoms with Crippen molar-refractivity contribution in [3.05, 3.63) is 39.0 Å². The van der Waals surface area contributed by atoms with E-state index in [2.05, 4.69) is 16.4 Å². The lowest BCUT2D eigenvalue weighted by Crippen LogP contribution is -1.98. The Labute approximate surface area is 129 Å². The highest BCUT2D eigenvalue weighted by Crippen LogP contribution is 2.36. The number of nitrogens with zero attached hydrogens (tertiary/aromatic N) is 1. The molecule has 0 amide bonds. The second-order valence-corrected chi connectivity index (χ2v) is 6.02. The molecule has 0 aliphatic carbocycles. The average molecular weight is 333 g/mol. The topological polar surface area (TPSA) is 45.1 Å². The van der Waals surface area contributed by atoms with Crippen LogP contribution in [-0.2, 0) is 6.54 Å². The van der Waals surface area contributed by atoms with Gasteiger partial charge in [0, 0.05) is 22.9 Å². The highest BCUT2D eigenvalue weighted by molar-refractivity contribution is 7.18. The predicted octanol–water partition coefficient (Wildman–Crippen LogP) is 4.75. The van der Waals surface area contributed by atoms with Crippen molar-refractivity contribution in [1.29, 1.82) is 0 Å². The van der Waals surface area contributed by atoms with Crippen molar-refractivity contribution >= 4 is 62.6 Å². The zero-order valence-corrected chi connectivity index (χ0v) is 12.8. The van der Waals surface area contributed by atoms with Crippen LogP contribution in [0.25, 0.3) is 10.2 Å². The van der Waals surface area contributed by atoms with Crippen molar-refractivity contribution < 1.29 is 5.11 Å². The lowest BCUT2D eigenvalue weighted by Gasteiger charge is -2.06. The highest BCUT2D eigenvalue weighted by Gasteiger charge is 2.10. The Morgan fingerprint density at radius 2 is 2.21 bits per heavy atom. The van der Waals surface area contributed by atoms with E-state index in [9.17, 15) is 5.11 Å². The number of halogens is 2. The zero-order valence-electron chi connectivity index (χ0n) is 9.59. The second-order valence-electron chi connectivity index (χ2n) is 3.72. The Morgan fingerprint density at radius 1 is 1.37 bits per heavy atom. The van der Waals surface area contributed by atoms with E-state index in [4.69, 9.17) is 11.6 Å². The van der Waals surface area contributed by atoms with Gasteiger partial charge in [-0.1, -0.05) is 17.7 Å². The summed E-state index contributed by atoms with van der Waals surface area (Å²) in [5, 5.41) is 17.1. The Morgan fingerprint density at radius 3 is 2.95 bits per heavy atom. The molecule has 0 atom stereocenters. The highest BCUT2D eigenvalue weighted by atomic mass is 35.5. The van der Waals surface area contributed by atoms with E-state index in [-0.39, 0.29) is 18.2 Å². The van der Waals surface area contributed by atoms with Crippen LogP contribution in [0.15, 0.2) is 29.0 Å². The van der Waals surface area contributed by atoms with Crippen LogP contribution in [0.2, 0.25) is 5.15 Å². The molecular formula is C12H10Cl2N2OS2. The van der Waals surface area contributed by atoms with E-state index in [1.807, 2.05) is 11.4 Å². The van der Waals surface area contributed by atoms with Gasteiger partial charge in [-0.25, -0.2) is 4.98 Å². The third-order valence-corrected chi connectivity index (χ3v) is 4.57. The molecule has 2 N–H and O–H groups in total. The summed E-state index contributed by atoms with van der Waals surface area (Å²) in [4.78, 5) is 5.38. The number of nitrogens with one attached hydrogen (secondary N) is 1. The molecule has 0 radical (unpaired) electrons. The molecule has 0 aliphatic heterocycles. The third kappa shape index (κ3) is 2.95. The first-order valence-electron chi connectivity index (χ1n) is 5.27. The van der Waals surface area contributed by atoms with Gasteiger partial charge < -0.3 is 10.4 Å². The van der Waals surface area contributed by atoms with Crippen LogP contribution >= 0.6 is 46.7 Å². The number of rotatable bonds is 3. The van der Waals surface area contributed by atoms with Crippen molar-refractivity contribution in [2.24, 2.45) is 0 Å². The van der Waals surface area contributed by atoms with Crippen LogP contribution in [0.4, 0.5) is 5.69 Å². The molecule has 3 rings (SSSR count). The average Bonchev–Trinajstić information content (AvgIpc) is 2.97. The smallest absolute Gasteiger partial charge is 0.152 e. The SMILES string of the molecule is Cl.Oc1csc2c(NCc3cccs3)cc(Cl)nc12. The van der Waals surface area contributed by atoms with Crippen molar-refractivity contribution in [2.45, 2.75) is 6.54 Å². The molecule has 19 heavy (non-hydrogen) atoms. The molecule has 100 valence electrons. The minimum absolute atomic E-state index is 0. The largest absolute Gasteiger partial charge is 0.505 e. The standard InChI is InChI=1S/C12H9ClN2OS2.ClH/c13-10-4-8(14-5-7-2-1-3-17-7)12-11(15-10)9(16)6-18-12;/h1-4,6,16H,5H2,(H,14,15);1H. The monoisotopic (exact) mass is 332 g/mol. The molecule has 0 spiro atoms. The number of aromatic hydroxyl groups is 1. The maximum atomic E-state index is 9.68. The fourth-order valence-corrected chi connectivity index (χ4v) is 3.39. The molecule has 7 heteroatoms. The van der Waals surface area contributed by atoms with Gasteiger partial charge in [0.1, 0.15) is 10.7 Å². The number of thiophene rings is 2. The van der Waals surface area contributed by atoms with Crippen LogP contribution in [0.3, 0.4) is 0 Å². The summed E-state index contributed by atoms with van der Waals surface area (Å²) in [6, 6.07) is 5.88. The number of hydrogen-bond acceptors (Lipinski definition) is 5. The van der Waals surface area contributed by atoms with Crippen molar-refractivity contribution in [1.82, 2.24) is 4.98 Å². The van der Waals surface area contributed by atoms with E-state index >= 15 is 0 Å². The molecular weight excluding hydrogens is 323 g/mol. The molecule has 0 unspecified atom stereocenters. The van der Waals surface area contributed by atoms with Gasteiger partial charge in [0.2, 0.25) is 0 Å². The summed E-state index contributed by atoms with van der Waals surface area (Å²) < 4.78 is 0.924. The van der Waals surface area contributed by atoms with E-state index in [0.29, 0.717) is 10.7 Å². The maximum Gasteiger partial charge on any atom is 0.152 e. The molecule has 0 aromatic carbocycles. The van der Waals surface area contributed by atoms with Gasteiger partial charge >= 0.3 is 0 Å². The molecule has 0 fully saturated rings. The van der Waals surface area contributed by atoms with Crippen LogP contribution in [0, 0.1) is 0 Å². The lowest BCUT2D eigenvalue weighted by atomic mass is 10.3. The normalized spacial score (nSPS) is 10.4. The summed E-state index contributed by atoms with van der Waals surface area (Å²) in [5.41, 5.74) is 1.46. The van der Waals surface area contributed by atoms with E-state index in [1.54, 1.807) is 22.8 Å². The Bertz CT molecular complexity index is 682. The van der Waals surface area contributed by atoms with Gasteiger partial charge in [-0.3, -0.25) is 0 Å². The molecule has 3 aromatic heterocycles. The minimum Gasteiger partial charge on any atom is -0.505 e. The summed E-state index contributed by atoms with van der Waals surface area (Å²) in [6.45, 7) is 0.742. The van der Waals surface area contributed by atoms with Crippen molar-refractivity contribution in [3.63, 3.8) is 0 Å².